The maximum Gasteiger partial charge on any atom is 0.181 e. The lowest BCUT2D eigenvalue weighted by molar-refractivity contribution is -0.110. The Kier molecular flexibility index (Phi) is 5.33. The fourth-order valence-electron chi connectivity index (χ4n) is 3.96. The minimum atomic E-state index is -0.0212. The van der Waals surface area contributed by atoms with Crippen LogP contribution in [0.3, 0.4) is 0 Å². The fraction of sp³-hybridized carbons (Fsp3) is 0.600. The van der Waals surface area contributed by atoms with Gasteiger partial charge in [0.2, 0.25) is 0 Å². The van der Waals surface area contributed by atoms with Crippen molar-refractivity contribution in [2.24, 2.45) is 5.41 Å². The lowest BCUT2D eigenvalue weighted by atomic mass is 9.75. The van der Waals surface area contributed by atoms with Crippen molar-refractivity contribution in [1.82, 2.24) is 14.8 Å². The molecule has 140 valence electrons. The number of aryl methyl sites for hydroxylation is 1. The molecular formula is C20H27N3O3. The first-order valence-electron chi connectivity index (χ1n) is 9.60. The summed E-state index contributed by atoms with van der Waals surface area (Å²) in [7, 11) is 0. The number of aromatic nitrogens is 3. The number of hydrogen-bond acceptors (Lipinski definition) is 5. The van der Waals surface area contributed by atoms with Gasteiger partial charge in [-0.15, -0.1) is 0 Å². The molecule has 4 rings (SSSR count). The van der Waals surface area contributed by atoms with E-state index in [1.165, 1.54) is 0 Å². The van der Waals surface area contributed by atoms with Gasteiger partial charge in [0.15, 0.2) is 11.6 Å². The molecule has 6 heteroatoms. The van der Waals surface area contributed by atoms with Crippen molar-refractivity contribution in [3.63, 3.8) is 0 Å². The Morgan fingerprint density at radius 1 is 1.15 bits per heavy atom. The fourth-order valence-corrected chi connectivity index (χ4v) is 3.96. The van der Waals surface area contributed by atoms with Gasteiger partial charge in [0.25, 0.3) is 0 Å². The monoisotopic (exact) mass is 357 g/mol. The van der Waals surface area contributed by atoms with E-state index in [0.29, 0.717) is 13.0 Å². The van der Waals surface area contributed by atoms with Gasteiger partial charge in [-0.2, -0.15) is 5.10 Å². The molecule has 1 spiro atoms. The van der Waals surface area contributed by atoms with Crippen LogP contribution in [0.2, 0.25) is 0 Å². The maximum absolute atomic E-state index is 9.21. The normalized spacial score (nSPS) is 22.6. The molecule has 1 unspecified atom stereocenters. The highest BCUT2D eigenvalue weighted by atomic mass is 16.5. The van der Waals surface area contributed by atoms with Gasteiger partial charge in [0.05, 0.1) is 6.61 Å². The molecule has 1 N–H and O–H groups in total. The standard InChI is InChI=1S/C20H27N3O3/c24-12-4-11-23-19(21-18(22-23)16-5-2-1-3-6-16)17-7-8-20(15-26-17)9-13-25-14-10-20/h1-3,5-6,17,24H,4,7-15H2. The van der Waals surface area contributed by atoms with Crippen molar-refractivity contribution in [2.45, 2.75) is 44.8 Å². The first-order valence-corrected chi connectivity index (χ1v) is 9.60. The van der Waals surface area contributed by atoms with Crippen LogP contribution in [0.25, 0.3) is 11.4 Å². The topological polar surface area (TPSA) is 69.4 Å². The molecule has 1 aromatic heterocycles. The van der Waals surface area contributed by atoms with Gasteiger partial charge in [-0.05, 0) is 37.5 Å². The van der Waals surface area contributed by atoms with E-state index in [1.807, 2.05) is 35.0 Å². The third-order valence-electron chi connectivity index (χ3n) is 5.63. The molecule has 2 fully saturated rings. The highest BCUT2D eigenvalue weighted by Crippen LogP contribution is 2.43. The summed E-state index contributed by atoms with van der Waals surface area (Å²) in [5.41, 5.74) is 1.29. The van der Waals surface area contributed by atoms with Crippen molar-refractivity contribution in [3.05, 3.63) is 36.2 Å². The van der Waals surface area contributed by atoms with Crippen LogP contribution in [0.4, 0.5) is 0 Å². The van der Waals surface area contributed by atoms with Crippen molar-refractivity contribution in [1.29, 1.82) is 0 Å². The molecule has 1 atom stereocenters. The Hall–Kier alpha value is -1.76. The maximum atomic E-state index is 9.21. The van der Waals surface area contributed by atoms with E-state index in [1.54, 1.807) is 0 Å². The molecule has 6 nitrogen and oxygen atoms in total. The van der Waals surface area contributed by atoms with Crippen LogP contribution in [-0.2, 0) is 16.0 Å². The number of ether oxygens (including phenoxy) is 2. The summed E-state index contributed by atoms with van der Waals surface area (Å²) in [4.78, 5) is 4.81. The van der Waals surface area contributed by atoms with Crippen molar-refractivity contribution in [3.8, 4) is 11.4 Å². The molecule has 1 aromatic carbocycles. The summed E-state index contributed by atoms with van der Waals surface area (Å²) in [5.74, 6) is 1.62. The van der Waals surface area contributed by atoms with E-state index < -0.39 is 0 Å². The number of nitrogens with zero attached hydrogens (tertiary/aromatic N) is 3. The second-order valence-corrected chi connectivity index (χ2v) is 7.41. The quantitative estimate of drug-likeness (QED) is 0.891. The van der Waals surface area contributed by atoms with Crippen LogP contribution < -0.4 is 0 Å². The van der Waals surface area contributed by atoms with Crippen LogP contribution in [-0.4, -0.2) is 46.3 Å². The first-order chi connectivity index (χ1) is 12.8. The summed E-state index contributed by atoms with van der Waals surface area (Å²) < 4.78 is 13.7. The highest BCUT2D eigenvalue weighted by molar-refractivity contribution is 5.54. The summed E-state index contributed by atoms with van der Waals surface area (Å²) in [5, 5.41) is 13.9. The lowest BCUT2D eigenvalue weighted by Crippen LogP contribution is -2.38. The zero-order valence-corrected chi connectivity index (χ0v) is 15.1. The van der Waals surface area contributed by atoms with Crippen LogP contribution in [0.5, 0.6) is 0 Å². The summed E-state index contributed by atoms with van der Waals surface area (Å²) in [6, 6.07) is 10.0. The van der Waals surface area contributed by atoms with Crippen LogP contribution >= 0.6 is 0 Å². The van der Waals surface area contributed by atoms with Crippen LogP contribution in [0.1, 0.15) is 44.0 Å². The molecule has 0 amide bonds. The molecule has 2 aromatic rings. The minimum absolute atomic E-state index is 0.0212. The molecule has 2 aliphatic heterocycles. The van der Waals surface area contributed by atoms with E-state index in [-0.39, 0.29) is 18.1 Å². The van der Waals surface area contributed by atoms with Gasteiger partial charge >= 0.3 is 0 Å². The zero-order valence-electron chi connectivity index (χ0n) is 15.1. The molecule has 26 heavy (non-hydrogen) atoms. The van der Waals surface area contributed by atoms with Crippen LogP contribution in [0.15, 0.2) is 30.3 Å². The van der Waals surface area contributed by atoms with E-state index in [0.717, 1.165) is 62.7 Å². The molecule has 2 saturated heterocycles. The average Bonchev–Trinajstić information content (AvgIpc) is 3.12. The molecule has 0 saturated carbocycles. The number of hydrogen-bond donors (Lipinski definition) is 1. The number of aliphatic hydroxyl groups is 1. The van der Waals surface area contributed by atoms with Gasteiger partial charge in [0, 0.05) is 31.9 Å². The summed E-state index contributed by atoms with van der Waals surface area (Å²) in [6.45, 7) is 3.27. The molecule has 0 radical (unpaired) electrons. The highest BCUT2D eigenvalue weighted by Gasteiger charge is 2.39. The first kappa shape index (κ1) is 17.6. The smallest absolute Gasteiger partial charge is 0.181 e. The van der Waals surface area contributed by atoms with E-state index in [9.17, 15) is 5.11 Å². The molecule has 2 aliphatic rings. The summed E-state index contributed by atoms with van der Waals surface area (Å²) in [6.07, 6.45) is 4.93. The van der Waals surface area contributed by atoms with Gasteiger partial charge in [-0.1, -0.05) is 30.3 Å². The number of aliphatic hydroxyl groups excluding tert-OH is 1. The zero-order chi connectivity index (χ0) is 17.8. The predicted octanol–water partition coefficient (Wildman–Crippen LogP) is 2.98. The van der Waals surface area contributed by atoms with Gasteiger partial charge < -0.3 is 14.6 Å². The second-order valence-electron chi connectivity index (χ2n) is 7.41. The Labute approximate surface area is 154 Å². The lowest BCUT2D eigenvalue weighted by Gasteiger charge is -2.42. The SMILES string of the molecule is OCCCn1nc(-c2ccccc2)nc1C1CCC2(CCOCC2)CO1. The minimum Gasteiger partial charge on any atom is -0.396 e. The van der Waals surface area contributed by atoms with Gasteiger partial charge in [-0.25, -0.2) is 9.67 Å². The summed E-state index contributed by atoms with van der Waals surface area (Å²) >= 11 is 0. The van der Waals surface area contributed by atoms with Gasteiger partial charge in [-0.3, -0.25) is 0 Å². The Morgan fingerprint density at radius 3 is 2.65 bits per heavy atom. The molecular weight excluding hydrogens is 330 g/mol. The molecule has 3 heterocycles. The number of benzene rings is 1. The van der Waals surface area contributed by atoms with E-state index >= 15 is 0 Å². The predicted molar refractivity (Wildman–Crippen MR) is 97.6 cm³/mol. The average molecular weight is 357 g/mol. The Balaban J connectivity index is 1.54. The largest absolute Gasteiger partial charge is 0.396 e. The Bertz CT molecular complexity index is 700. The van der Waals surface area contributed by atoms with Crippen LogP contribution in [0, 0.1) is 5.41 Å². The van der Waals surface area contributed by atoms with Crippen molar-refractivity contribution >= 4 is 0 Å². The van der Waals surface area contributed by atoms with E-state index in [4.69, 9.17) is 19.6 Å². The Morgan fingerprint density at radius 2 is 1.96 bits per heavy atom. The third kappa shape index (κ3) is 3.68. The van der Waals surface area contributed by atoms with E-state index in [2.05, 4.69) is 0 Å². The van der Waals surface area contributed by atoms with Gasteiger partial charge in [0.1, 0.15) is 6.10 Å². The molecule has 0 bridgehead atoms. The van der Waals surface area contributed by atoms with Crippen molar-refractivity contribution in [2.75, 3.05) is 26.4 Å². The number of rotatable bonds is 5. The van der Waals surface area contributed by atoms with Crippen molar-refractivity contribution < 1.29 is 14.6 Å². The molecule has 0 aliphatic carbocycles. The third-order valence-corrected chi connectivity index (χ3v) is 5.63. The second kappa shape index (κ2) is 7.86.